The van der Waals surface area contributed by atoms with Gasteiger partial charge in [-0.3, -0.25) is 0 Å². The zero-order chi connectivity index (χ0) is 66.1. The third kappa shape index (κ3) is 26.0. The van der Waals surface area contributed by atoms with Gasteiger partial charge in [0.05, 0.1) is 32.5 Å². The summed E-state index contributed by atoms with van der Waals surface area (Å²) in [6.07, 6.45) is 13.2. The summed E-state index contributed by atoms with van der Waals surface area (Å²) in [6.45, 7) is 39.6. The van der Waals surface area contributed by atoms with Crippen molar-refractivity contribution in [3.63, 3.8) is 0 Å². The molecule has 468 valence electrons. The lowest BCUT2D eigenvalue weighted by atomic mass is 9.88. The topological polar surface area (TPSA) is 33.9 Å². The standard InChI is InChI=1S/C69H81O3.3BF4/c1-64(2,3)58-37-49(38-59(70-58)65(4,5)6)22-19-46-25-31-52(32-26-46)55-43-56(53-33-27-47(28-34-53)20-23-50-39-60(66(7,8)9)71-61(40-50)67(10,11)12)45-57(44-55)54-35-29-48(30-36-54)21-24-51-41-62(68(13,14)15)72-63(42-51)69(16,17)18;3*2-1(3,4)5/h19-45H,1-18H3;;;/q+3;3*-1. The summed E-state index contributed by atoms with van der Waals surface area (Å²) in [5.74, 6) is 5.91. The van der Waals surface area contributed by atoms with Gasteiger partial charge in [-0.1, -0.05) is 109 Å². The summed E-state index contributed by atoms with van der Waals surface area (Å²) in [7, 11) is -18.0. The van der Waals surface area contributed by atoms with Crippen LogP contribution in [-0.4, -0.2) is 21.8 Å². The van der Waals surface area contributed by atoms with Gasteiger partial charge in [0, 0.05) is 36.4 Å². The van der Waals surface area contributed by atoms with Gasteiger partial charge in [0.25, 0.3) is 0 Å². The molecule has 0 saturated heterocycles. The number of benzene rings is 4. The van der Waals surface area contributed by atoms with Gasteiger partial charge in [-0.2, -0.15) is 0 Å². The highest BCUT2D eigenvalue weighted by molar-refractivity contribution is 6.50. The fourth-order valence-corrected chi connectivity index (χ4v) is 8.14. The fraction of sp³-hybridized carbons (Fsp3) is 0.348. The van der Waals surface area contributed by atoms with Crippen LogP contribution in [0.25, 0.3) is 69.8 Å². The van der Waals surface area contributed by atoms with E-state index in [0.717, 1.165) is 101 Å². The van der Waals surface area contributed by atoms with E-state index in [9.17, 15) is 51.8 Å². The quantitative estimate of drug-likeness (QED) is 0.0821. The number of halogens is 12. The molecule has 0 fully saturated rings. The lowest BCUT2D eigenvalue weighted by Gasteiger charge is -2.14. The third-order valence-electron chi connectivity index (χ3n) is 13.0. The van der Waals surface area contributed by atoms with E-state index in [1.54, 1.807) is 0 Å². The number of rotatable bonds is 9. The highest BCUT2D eigenvalue weighted by Gasteiger charge is 2.36. The molecule has 3 heterocycles. The van der Waals surface area contributed by atoms with Crippen molar-refractivity contribution in [2.75, 3.05) is 0 Å². The lowest BCUT2D eigenvalue weighted by molar-refractivity contribution is 0.328. The van der Waals surface area contributed by atoms with Crippen LogP contribution in [0.3, 0.4) is 0 Å². The first-order valence-corrected chi connectivity index (χ1v) is 28.5. The van der Waals surface area contributed by atoms with Gasteiger partial charge >= 0.3 is 56.3 Å². The average Bonchev–Trinajstić information content (AvgIpc) is 1.10. The number of hydrogen-bond acceptors (Lipinski definition) is 0. The Morgan fingerprint density at radius 3 is 0.494 bits per heavy atom. The van der Waals surface area contributed by atoms with Gasteiger partial charge in [0.15, 0.2) is 0 Å². The molecule has 3 nitrogen and oxygen atoms in total. The largest absolute Gasteiger partial charge is 0.673 e. The molecule has 87 heavy (non-hydrogen) atoms. The molecule has 0 aliphatic rings. The first-order valence-electron chi connectivity index (χ1n) is 28.5. The van der Waals surface area contributed by atoms with Crippen molar-refractivity contribution in [1.82, 2.24) is 0 Å². The van der Waals surface area contributed by atoms with E-state index in [1.165, 1.54) is 0 Å². The summed E-state index contributed by atoms with van der Waals surface area (Å²) in [6, 6.07) is 46.8. The summed E-state index contributed by atoms with van der Waals surface area (Å²) in [4.78, 5) is 0. The van der Waals surface area contributed by atoms with Crippen LogP contribution in [0.4, 0.5) is 51.8 Å². The molecule has 7 aromatic rings. The predicted molar refractivity (Wildman–Crippen MR) is 342 cm³/mol. The van der Waals surface area contributed by atoms with E-state index >= 15 is 0 Å². The Balaban J connectivity index is 0.000000962. The average molecular weight is 1220 g/mol. The zero-order valence-corrected chi connectivity index (χ0v) is 53.1. The van der Waals surface area contributed by atoms with Crippen LogP contribution in [-0.2, 0) is 32.5 Å². The third-order valence-corrected chi connectivity index (χ3v) is 13.0. The second-order valence-corrected chi connectivity index (χ2v) is 27.5. The predicted octanol–water partition coefficient (Wildman–Crippen LogP) is 24.5. The van der Waals surface area contributed by atoms with Crippen molar-refractivity contribution in [1.29, 1.82) is 0 Å². The SMILES string of the molecule is CC(C)(C)c1cc(C=Cc2ccc(-c3cc(-c4ccc(C=Cc5cc(C(C)(C)C)[o+]c(C(C)(C)C)c5)cc4)cc(-c4ccc(C=Cc5cc(C(C)(C)C)[o+]c(C(C)(C)C)c5)cc4)c3)cc2)cc(C(C)(C)C)[o+]1.F[B-](F)(F)F.F[B-](F)(F)F.F[B-](F)(F)F. The van der Waals surface area contributed by atoms with Crippen LogP contribution >= 0.6 is 0 Å². The molecule has 0 amide bonds. The number of hydrogen-bond donors (Lipinski definition) is 0. The van der Waals surface area contributed by atoms with Crippen LogP contribution in [0.15, 0.2) is 141 Å². The molecular weight excluding hydrogens is 1140 g/mol. The van der Waals surface area contributed by atoms with Crippen LogP contribution in [0.1, 0.15) is 193 Å². The molecule has 0 atom stereocenters. The molecule has 4 aromatic carbocycles. The van der Waals surface area contributed by atoms with Gasteiger partial charge in [-0.15, -0.1) is 0 Å². The summed E-state index contributed by atoms with van der Waals surface area (Å²) in [5.41, 5.74) is 13.2. The molecule has 0 saturated carbocycles. The van der Waals surface area contributed by atoms with E-state index < -0.39 is 21.8 Å². The van der Waals surface area contributed by atoms with Crippen molar-refractivity contribution >= 4 is 58.2 Å². The summed E-state index contributed by atoms with van der Waals surface area (Å²) in [5, 5.41) is 0. The molecule has 0 radical (unpaired) electrons. The van der Waals surface area contributed by atoms with Gasteiger partial charge in [-0.25, -0.2) is 13.3 Å². The second kappa shape index (κ2) is 27.9. The van der Waals surface area contributed by atoms with E-state index in [2.05, 4.69) is 288 Å². The molecular formula is C69H81B3F12O3. The van der Waals surface area contributed by atoms with Crippen molar-refractivity contribution in [2.24, 2.45) is 0 Å². The Bertz CT molecular complexity index is 2990. The van der Waals surface area contributed by atoms with Gasteiger partial charge in [0.1, 0.15) is 0 Å². The van der Waals surface area contributed by atoms with Crippen molar-refractivity contribution < 1.29 is 65.0 Å². The van der Waals surface area contributed by atoms with E-state index in [1.807, 2.05) is 0 Å². The second-order valence-electron chi connectivity index (χ2n) is 27.5. The Morgan fingerprint density at radius 1 is 0.218 bits per heavy atom. The lowest BCUT2D eigenvalue weighted by Crippen LogP contribution is -2.16. The highest BCUT2D eigenvalue weighted by atomic mass is 19.5. The summed E-state index contributed by atoms with van der Waals surface area (Å²) < 4.78 is 136. The Morgan fingerprint density at radius 2 is 0.356 bits per heavy atom. The Labute approximate surface area is 507 Å². The fourth-order valence-electron chi connectivity index (χ4n) is 8.14. The minimum absolute atomic E-state index is 0.100. The minimum Gasteiger partial charge on any atom is -0.418 e. The molecule has 0 bridgehead atoms. The smallest absolute Gasteiger partial charge is 0.418 e. The minimum atomic E-state index is -6.00. The van der Waals surface area contributed by atoms with Gasteiger partial charge in [-0.05, 0) is 210 Å². The van der Waals surface area contributed by atoms with Gasteiger partial charge < -0.3 is 51.8 Å². The van der Waals surface area contributed by atoms with Crippen molar-refractivity contribution in [3.05, 3.63) is 195 Å². The Hall–Kier alpha value is -7.10. The molecule has 0 unspecified atom stereocenters. The zero-order valence-electron chi connectivity index (χ0n) is 53.1. The van der Waals surface area contributed by atoms with E-state index in [-0.39, 0.29) is 32.5 Å². The Kier molecular flexibility index (Phi) is 23.2. The normalized spacial score (nSPS) is 13.0. The van der Waals surface area contributed by atoms with Gasteiger partial charge in [0.2, 0.25) is 0 Å². The molecule has 0 aliphatic carbocycles. The summed E-state index contributed by atoms with van der Waals surface area (Å²) >= 11 is 0. The highest BCUT2D eigenvalue weighted by Crippen LogP contribution is 2.37. The molecule has 7 rings (SSSR count). The van der Waals surface area contributed by atoms with Crippen molar-refractivity contribution in [3.8, 4) is 33.4 Å². The van der Waals surface area contributed by atoms with E-state index in [0.29, 0.717) is 0 Å². The maximum Gasteiger partial charge on any atom is 0.673 e. The first-order chi connectivity index (χ1) is 39.4. The molecule has 18 heteroatoms. The van der Waals surface area contributed by atoms with Crippen LogP contribution < -0.4 is 0 Å². The molecule has 3 aromatic heterocycles. The van der Waals surface area contributed by atoms with Crippen LogP contribution in [0.2, 0.25) is 0 Å². The first kappa shape index (κ1) is 72.4. The van der Waals surface area contributed by atoms with E-state index in [4.69, 9.17) is 13.3 Å². The van der Waals surface area contributed by atoms with Crippen molar-refractivity contribution in [2.45, 2.75) is 157 Å². The molecule has 0 N–H and O–H groups in total. The maximum atomic E-state index is 9.75. The molecule has 0 aliphatic heterocycles. The van der Waals surface area contributed by atoms with Crippen LogP contribution in [0.5, 0.6) is 0 Å². The monoisotopic (exact) mass is 1220 g/mol. The molecule has 0 spiro atoms. The van der Waals surface area contributed by atoms with Crippen LogP contribution in [0, 0.1) is 0 Å². The maximum absolute atomic E-state index is 9.75.